The van der Waals surface area contributed by atoms with Gasteiger partial charge in [-0.3, -0.25) is 19.0 Å². The van der Waals surface area contributed by atoms with Crippen molar-refractivity contribution >= 4 is 23.5 Å². The summed E-state index contributed by atoms with van der Waals surface area (Å²) in [6, 6.07) is 0.413. The number of aromatic nitrogens is 3. The monoisotopic (exact) mass is 441 g/mol. The molecule has 2 N–H and O–H groups in total. The topological polar surface area (TPSA) is 109 Å². The maximum atomic E-state index is 13.0. The second-order valence-electron chi connectivity index (χ2n) is 9.45. The van der Waals surface area contributed by atoms with Crippen molar-refractivity contribution in [3.05, 3.63) is 33.8 Å². The standard InChI is InChI=1S/C23H31N5O4/c1-13(2)12-26-21-16(7-10-18(29)27-14(3)5-6-15(27)4)11-24-28(21)23(32)19(22(26)31)20(30)25-17-8-9-17/h7,10-11,13-15,17,31H,5-6,8-9,12H2,1-4H3,(H,25,30)/b10-7+/t14-,15+. The zero-order valence-corrected chi connectivity index (χ0v) is 19.0. The smallest absolute Gasteiger partial charge is 0.291 e. The molecule has 4 rings (SSSR count). The number of nitrogens with zero attached hydrogens (tertiary/aromatic N) is 4. The summed E-state index contributed by atoms with van der Waals surface area (Å²) in [5.41, 5.74) is -0.0984. The normalized spacial score (nSPS) is 21.2. The third-order valence-corrected chi connectivity index (χ3v) is 6.21. The summed E-state index contributed by atoms with van der Waals surface area (Å²) in [6.45, 7) is 8.40. The van der Waals surface area contributed by atoms with Gasteiger partial charge in [-0.05, 0) is 51.5 Å². The van der Waals surface area contributed by atoms with Gasteiger partial charge in [0, 0.05) is 36.3 Å². The van der Waals surface area contributed by atoms with E-state index >= 15 is 0 Å². The number of aromatic hydroxyl groups is 1. The van der Waals surface area contributed by atoms with Gasteiger partial charge < -0.3 is 15.3 Å². The van der Waals surface area contributed by atoms with Gasteiger partial charge in [0.1, 0.15) is 5.65 Å². The van der Waals surface area contributed by atoms with Crippen LogP contribution in [-0.2, 0) is 11.3 Å². The highest BCUT2D eigenvalue weighted by Gasteiger charge is 2.31. The Kier molecular flexibility index (Phi) is 5.83. The van der Waals surface area contributed by atoms with Crippen LogP contribution in [0.15, 0.2) is 17.1 Å². The summed E-state index contributed by atoms with van der Waals surface area (Å²) in [7, 11) is 0. The van der Waals surface area contributed by atoms with Gasteiger partial charge in [0.05, 0.1) is 6.20 Å². The van der Waals surface area contributed by atoms with E-state index in [0.717, 1.165) is 30.2 Å². The van der Waals surface area contributed by atoms with Crippen molar-refractivity contribution in [3.63, 3.8) is 0 Å². The van der Waals surface area contributed by atoms with E-state index in [4.69, 9.17) is 0 Å². The molecule has 2 atom stereocenters. The van der Waals surface area contributed by atoms with Gasteiger partial charge in [-0.25, -0.2) is 0 Å². The molecule has 0 aromatic carbocycles. The van der Waals surface area contributed by atoms with Crippen LogP contribution in [-0.4, -0.2) is 54.1 Å². The summed E-state index contributed by atoms with van der Waals surface area (Å²) in [6.07, 6.45) is 8.29. The quantitative estimate of drug-likeness (QED) is 0.668. The van der Waals surface area contributed by atoms with E-state index in [2.05, 4.69) is 10.4 Å². The van der Waals surface area contributed by atoms with Crippen molar-refractivity contribution in [3.8, 4) is 5.88 Å². The van der Waals surface area contributed by atoms with E-state index in [1.54, 1.807) is 6.08 Å². The molecule has 1 saturated carbocycles. The lowest BCUT2D eigenvalue weighted by atomic mass is 10.2. The maximum absolute atomic E-state index is 13.0. The second kappa shape index (κ2) is 8.44. The number of carbonyl (C=O) groups excluding carboxylic acids is 2. The van der Waals surface area contributed by atoms with E-state index in [1.807, 2.05) is 32.6 Å². The van der Waals surface area contributed by atoms with E-state index in [1.165, 1.54) is 16.8 Å². The number of likely N-dealkylation sites (tertiary alicyclic amines) is 1. The summed E-state index contributed by atoms with van der Waals surface area (Å²) in [4.78, 5) is 40.4. The van der Waals surface area contributed by atoms with Crippen LogP contribution in [0.4, 0.5) is 0 Å². The summed E-state index contributed by atoms with van der Waals surface area (Å²) >= 11 is 0. The minimum atomic E-state index is -0.677. The Labute approximate surface area is 186 Å². The second-order valence-corrected chi connectivity index (χ2v) is 9.45. The van der Waals surface area contributed by atoms with Gasteiger partial charge in [0.25, 0.3) is 11.5 Å². The Bertz CT molecular complexity index is 1130. The first-order valence-corrected chi connectivity index (χ1v) is 11.3. The molecule has 2 aromatic heterocycles. The average molecular weight is 442 g/mol. The van der Waals surface area contributed by atoms with E-state index in [-0.39, 0.29) is 41.4 Å². The molecule has 0 radical (unpaired) electrons. The molecule has 9 heteroatoms. The first-order chi connectivity index (χ1) is 15.2. The predicted molar refractivity (Wildman–Crippen MR) is 120 cm³/mol. The van der Waals surface area contributed by atoms with Crippen molar-refractivity contribution in [2.75, 3.05) is 0 Å². The van der Waals surface area contributed by atoms with Gasteiger partial charge >= 0.3 is 0 Å². The zero-order chi connectivity index (χ0) is 23.2. The molecular weight excluding hydrogens is 410 g/mol. The lowest BCUT2D eigenvalue weighted by Crippen LogP contribution is -2.37. The number of nitrogens with one attached hydrogen (secondary N) is 1. The molecule has 1 aliphatic heterocycles. The maximum Gasteiger partial charge on any atom is 0.291 e. The average Bonchev–Trinajstić information content (AvgIpc) is 3.32. The van der Waals surface area contributed by atoms with Gasteiger partial charge in [-0.2, -0.15) is 9.61 Å². The number of fused-ring (bicyclic) bond motifs is 1. The molecular formula is C23H31N5O4. The molecule has 32 heavy (non-hydrogen) atoms. The summed E-state index contributed by atoms with van der Waals surface area (Å²) < 4.78 is 2.67. The highest BCUT2D eigenvalue weighted by Crippen LogP contribution is 2.26. The SMILES string of the molecule is CC(C)Cn1c(O)c(C(=O)NC2CC2)c(=O)n2ncc(/C=C/C(=O)N3[C@H](C)CC[C@@H]3C)c12. The molecule has 2 aromatic rings. The van der Waals surface area contributed by atoms with Crippen molar-refractivity contribution in [2.45, 2.75) is 78.0 Å². The van der Waals surface area contributed by atoms with Crippen LogP contribution in [0, 0.1) is 5.92 Å². The van der Waals surface area contributed by atoms with Crippen LogP contribution < -0.4 is 10.9 Å². The highest BCUT2D eigenvalue weighted by molar-refractivity contribution is 5.97. The van der Waals surface area contributed by atoms with E-state index < -0.39 is 11.5 Å². The third-order valence-electron chi connectivity index (χ3n) is 6.21. The molecule has 9 nitrogen and oxygen atoms in total. The Morgan fingerprint density at radius 3 is 2.47 bits per heavy atom. The fourth-order valence-electron chi connectivity index (χ4n) is 4.43. The molecule has 1 aliphatic carbocycles. The molecule has 2 aliphatic rings. The lowest BCUT2D eigenvalue weighted by Gasteiger charge is -2.24. The Balaban J connectivity index is 1.77. The fraction of sp³-hybridized carbons (Fsp3) is 0.565. The predicted octanol–water partition coefficient (Wildman–Crippen LogP) is 2.16. The van der Waals surface area contributed by atoms with Crippen LogP contribution in [0.25, 0.3) is 11.7 Å². The summed E-state index contributed by atoms with van der Waals surface area (Å²) in [5.74, 6) is -0.928. The zero-order valence-electron chi connectivity index (χ0n) is 19.0. The fourth-order valence-corrected chi connectivity index (χ4v) is 4.43. The lowest BCUT2D eigenvalue weighted by molar-refractivity contribution is -0.128. The minimum Gasteiger partial charge on any atom is -0.494 e. The van der Waals surface area contributed by atoms with Gasteiger partial charge in [0.2, 0.25) is 11.8 Å². The van der Waals surface area contributed by atoms with Crippen molar-refractivity contribution in [1.82, 2.24) is 24.4 Å². The molecule has 1 saturated heterocycles. The number of rotatable bonds is 6. The largest absolute Gasteiger partial charge is 0.494 e. The van der Waals surface area contributed by atoms with Crippen molar-refractivity contribution < 1.29 is 14.7 Å². The molecule has 3 heterocycles. The van der Waals surface area contributed by atoms with E-state index in [0.29, 0.717) is 17.8 Å². The molecule has 172 valence electrons. The number of carbonyl (C=O) groups is 2. The van der Waals surface area contributed by atoms with Gasteiger partial charge in [-0.1, -0.05) is 13.8 Å². The van der Waals surface area contributed by atoms with Crippen LogP contribution in [0.3, 0.4) is 0 Å². The van der Waals surface area contributed by atoms with Crippen molar-refractivity contribution in [1.29, 1.82) is 0 Å². The minimum absolute atomic E-state index is 0.0491. The third kappa shape index (κ3) is 4.03. The molecule has 0 spiro atoms. The van der Waals surface area contributed by atoms with E-state index in [9.17, 15) is 19.5 Å². The first kappa shape index (κ1) is 22.1. The highest BCUT2D eigenvalue weighted by atomic mass is 16.3. The van der Waals surface area contributed by atoms with Gasteiger partial charge in [0.15, 0.2) is 5.56 Å². The number of hydrogen-bond acceptors (Lipinski definition) is 5. The Morgan fingerprint density at radius 2 is 1.88 bits per heavy atom. The van der Waals surface area contributed by atoms with Crippen LogP contribution in [0.5, 0.6) is 5.88 Å². The van der Waals surface area contributed by atoms with Crippen LogP contribution in [0.1, 0.15) is 69.3 Å². The first-order valence-electron chi connectivity index (χ1n) is 11.3. The molecule has 2 fully saturated rings. The van der Waals surface area contributed by atoms with Crippen LogP contribution in [0.2, 0.25) is 0 Å². The summed E-state index contributed by atoms with van der Waals surface area (Å²) in [5, 5.41) is 17.9. The van der Waals surface area contributed by atoms with Crippen molar-refractivity contribution in [2.24, 2.45) is 5.92 Å². The molecule has 0 unspecified atom stereocenters. The number of amides is 2. The van der Waals surface area contributed by atoms with Crippen LogP contribution >= 0.6 is 0 Å². The Morgan fingerprint density at radius 1 is 1.22 bits per heavy atom. The molecule has 0 bridgehead atoms. The Hall–Kier alpha value is -3.10. The number of hydrogen-bond donors (Lipinski definition) is 2. The molecule has 2 amide bonds. The van der Waals surface area contributed by atoms with Gasteiger partial charge in [-0.15, -0.1) is 0 Å².